The van der Waals surface area contributed by atoms with Crippen molar-refractivity contribution < 1.29 is 0 Å². The average Bonchev–Trinajstić information content (AvgIpc) is 3.04. The lowest BCUT2D eigenvalue weighted by molar-refractivity contribution is 0.120. The number of nitrogens with one attached hydrogen (secondary N) is 1. The molecule has 0 bridgehead atoms. The highest BCUT2D eigenvalue weighted by Crippen LogP contribution is 2.40. The van der Waals surface area contributed by atoms with Crippen LogP contribution >= 0.6 is 11.3 Å². The molecule has 2 aromatic heterocycles. The van der Waals surface area contributed by atoms with Gasteiger partial charge in [-0.1, -0.05) is 0 Å². The van der Waals surface area contributed by atoms with Crippen molar-refractivity contribution in [1.29, 1.82) is 0 Å². The van der Waals surface area contributed by atoms with Crippen LogP contribution in [-0.4, -0.2) is 39.5 Å². The molecule has 0 aromatic carbocycles. The standard InChI is InChI=1S/C14H20N4S/c1-14(11-2-3-11)10-17(5-4-15-14)8-12-9-18-6-7-19-13(18)16-12/h6-7,9,11,15H,2-5,8,10H2,1H3. The van der Waals surface area contributed by atoms with E-state index in [9.17, 15) is 0 Å². The maximum atomic E-state index is 4.69. The Bertz CT molecular complexity index is 557. The molecule has 4 rings (SSSR count). The number of imidazole rings is 1. The Kier molecular flexibility index (Phi) is 2.69. The van der Waals surface area contributed by atoms with Gasteiger partial charge in [0.25, 0.3) is 0 Å². The predicted molar refractivity (Wildman–Crippen MR) is 77.5 cm³/mol. The van der Waals surface area contributed by atoms with E-state index >= 15 is 0 Å². The van der Waals surface area contributed by atoms with Crippen LogP contribution in [0.25, 0.3) is 4.96 Å². The minimum Gasteiger partial charge on any atom is -0.309 e. The zero-order valence-corrected chi connectivity index (χ0v) is 12.1. The number of rotatable bonds is 3. The molecule has 5 heteroatoms. The average molecular weight is 276 g/mol. The number of aromatic nitrogens is 2. The van der Waals surface area contributed by atoms with E-state index in [0.717, 1.165) is 37.1 Å². The fourth-order valence-electron chi connectivity index (χ4n) is 3.31. The van der Waals surface area contributed by atoms with Crippen LogP contribution in [-0.2, 0) is 6.54 Å². The van der Waals surface area contributed by atoms with Crippen molar-refractivity contribution in [2.24, 2.45) is 5.92 Å². The summed E-state index contributed by atoms with van der Waals surface area (Å²) >= 11 is 1.71. The van der Waals surface area contributed by atoms with Gasteiger partial charge in [-0.2, -0.15) is 0 Å². The van der Waals surface area contributed by atoms with Gasteiger partial charge >= 0.3 is 0 Å². The van der Waals surface area contributed by atoms with Gasteiger partial charge in [-0.25, -0.2) is 4.98 Å². The van der Waals surface area contributed by atoms with Gasteiger partial charge in [0.1, 0.15) is 0 Å². The number of nitrogens with zero attached hydrogens (tertiary/aromatic N) is 3. The third-order valence-electron chi connectivity index (χ3n) is 4.52. The number of piperazine rings is 1. The summed E-state index contributed by atoms with van der Waals surface area (Å²) in [5, 5.41) is 5.81. The Balaban J connectivity index is 1.48. The molecule has 2 fully saturated rings. The molecule has 1 atom stereocenters. The van der Waals surface area contributed by atoms with Crippen LogP contribution in [0.4, 0.5) is 0 Å². The Labute approximate surface area is 117 Å². The highest BCUT2D eigenvalue weighted by Gasteiger charge is 2.43. The molecule has 1 saturated carbocycles. The maximum Gasteiger partial charge on any atom is 0.193 e. The smallest absolute Gasteiger partial charge is 0.193 e. The second-order valence-corrected chi connectivity index (χ2v) is 7.03. The first-order valence-electron chi connectivity index (χ1n) is 7.11. The van der Waals surface area contributed by atoms with Crippen LogP contribution < -0.4 is 5.32 Å². The van der Waals surface area contributed by atoms with Crippen molar-refractivity contribution >= 4 is 16.3 Å². The molecule has 19 heavy (non-hydrogen) atoms. The summed E-state index contributed by atoms with van der Waals surface area (Å²) in [6.07, 6.45) is 7.06. The summed E-state index contributed by atoms with van der Waals surface area (Å²) in [7, 11) is 0. The van der Waals surface area contributed by atoms with E-state index in [4.69, 9.17) is 4.98 Å². The predicted octanol–water partition coefficient (Wildman–Crippen LogP) is 1.97. The van der Waals surface area contributed by atoms with Gasteiger partial charge in [0.05, 0.1) is 5.69 Å². The van der Waals surface area contributed by atoms with Crippen LogP contribution in [0.15, 0.2) is 17.8 Å². The molecule has 4 nitrogen and oxygen atoms in total. The number of hydrogen-bond acceptors (Lipinski definition) is 4. The first-order valence-corrected chi connectivity index (χ1v) is 7.99. The third-order valence-corrected chi connectivity index (χ3v) is 5.29. The van der Waals surface area contributed by atoms with E-state index in [1.807, 2.05) is 0 Å². The summed E-state index contributed by atoms with van der Waals surface area (Å²) < 4.78 is 2.13. The molecule has 2 aliphatic rings. The summed E-state index contributed by atoms with van der Waals surface area (Å²) in [6.45, 7) is 6.77. The van der Waals surface area contributed by atoms with Crippen molar-refractivity contribution in [3.05, 3.63) is 23.5 Å². The Morgan fingerprint density at radius 1 is 1.53 bits per heavy atom. The molecule has 0 radical (unpaired) electrons. The van der Waals surface area contributed by atoms with Crippen molar-refractivity contribution in [1.82, 2.24) is 19.6 Å². The Morgan fingerprint density at radius 2 is 2.42 bits per heavy atom. The first-order chi connectivity index (χ1) is 9.23. The van der Waals surface area contributed by atoms with E-state index in [0.29, 0.717) is 5.54 Å². The van der Waals surface area contributed by atoms with Gasteiger partial charge in [-0.3, -0.25) is 9.30 Å². The largest absolute Gasteiger partial charge is 0.309 e. The van der Waals surface area contributed by atoms with Crippen LogP contribution in [0.3, 0.4) is 0 Å². The Hall–Kier alpha value is -0.910. The lowest BCUT2D eigenvalue weighted by atomic mass is 9.93. The van der Waals surface area contributed by atoms with E-state index in [-0.39, 0.29) is 0 Å². The zero-order valence-electron chi connectivity index (χ0n) is 11.3. The minimum atomic E-state index is 0.329. The molecule has 102 valence electrons. The summed E-state index contributed by atoms with van der Waals surface area (Å²) in [5.74, 6) is 0.890. The van der Waals surface area contributed by atoms with Gasteiger partial charge in [0.15, 0.2) is 4.96 Å². The summed E-state index contributed by atoms with van der Waals surface area (Å²) in [4.78, 5) is 8.36. The highest BCUT2D eigenvalue weighted by molar-refractivity contribution is 7.15. The molecule has 0 spiro atoms. The lowest BCUT2D eigenvalue weighted by Crippen LogP contribution is -2.59. The maximum absolute atomic E-state index is 4.69. The molecular formula is C14H20N4S. The second-order valence-electron chi connectivity index (χ2n) is 6.15. The second kappa shape index (κ2) is 4.30. The van der Waals surface area contributed by atoms with Crippen molar-refractivity contribution in [3.63, 3.8) is 0 Å². The monoisotopic (exact) mass is 276 g/mol. The van der Waals surface area contributed by atoms with Gasteiger partial charge in [-0.05, 0) is 25.7 Å². The minimum absolute atomic E-state index is 0.329. The molecule has 1 N–H and O–H groups in total. The molecule has 1 saturated heterocycles. The van der Waals surface area contributed by atoms with Crippen LogP contribution in [0.1, 0.15) is 25.5 Å². The highest BCUT2D eigenvalue weighted by atomic mass is 32.1. The van der Waals surface area contributed by atoms with Crippen molar-refractivity contribution in [2.45, 2.75) is 31.8 Å². The molecule has 1 aliphatic carbocycles. The van der Waals surface area contributed by atoms with Gasteiger partial charge in [0.2, 0.25) is 0 Å². The van der Waals surface area contributed by atoms with Crippen molar-refractivity contribution in [3.8, 4) is 0 Å². The number of hydrogen-bond donors (Lipinski definition) is 1. The first kappa shape index (κ1) is 11.9. The van der Waals surface area contributed by atoms with E-state index in [1.165, 1.54) is 18.5 Å². The topological polar surface area (TPSA) is 32.6 Å². The SMILES string of the molecule is CC1(C2CC2)CN(Cc2cn3ccsc3n2)CCN1. The third kappa shape index (κ3) is 2.20. The Morgan fingerprint density at radius 3 is 3.21 bits per heavy atom. The summed E-state index contributed by atoms with van der Waals surface area (Å²) in [5.41, 5.74) is 1.53. The van der Waals surface area contributed by atoms with Crippen LogP contribution in [0.5, 0.6) is 0 Å². The van der Waals surface area contributed by atoms with Gasteiger partial charge in [-0.15, -0.1) is 11.3 Å². The van der Waals surface area contributed by atoms with E-state index < -0.39 is 0 Å². The normalized spacial score (nSPS) is 29.1. The lowest BCUT2D eigenvalue weighted by Gasteiger charge is -2.41. The van der Waals surface area contributed by atoms with Crippen molar-refractivity contribution in [2.75, 3.05) is 19.6 Å². The summed E-state index contributed by atoms with van der Waals surface area (Å²) in [6, 6.07) is 0. The van der Waals surface area contributed by atoms with Crippen LogP contribution in [0.2, 0.25) is 0 Å². The number of thiazole rings is 1. The molecule has 0 amide bonds. The fourth-order valence-corrected chi connectivity index (χ4v) is 4.03. The van der Waals surface area contributed by atoms with Gasteiger partial charge < -0.3 is 5.32 Å². The molecular weight excluding hydrogens is 256 g/mol. The van der Waals surface area contributed by atoms with E-state index in [2.05, 4.69) is 39.3 Å². The molecule has 3 heterocycles. The zero-order chi connectivity index (χ0) is 12.9. The van der Waals surface area contributed by atoms with Crippen LogP contribution in [0, 0.1) is 5.92 Å². The number of fused-ring (bicyclic) bond motifs is 1. The molecule has 1 aliphatic heterocycles. The van der Waals surface area contributed by atoms with E-state index in [1.54, 1.807) is 11.3 Å². The molecule has 2 aromatic rings. The quantitative estimate of drug-likeness (QED) is 0.930. The van der Waals surface area contributed by atoms with Gasteiger partial charge in [0, 0.05) is 49.5 Å². The fraction of sp³-hybridized carbons (Fsp3) is 0.643. The molecule has 1 unspecified atom stereocenters.